The highest BCUT2D eigenvalue weighted by Crippen LogP contribution is 2.26. The molecule has 0 amide bonds. The molecule has 0 atom stereocenters. The molecule has 0 aliphatic rings. The van der Waals surface area contributed by atoms with Gasteiger partial charge in [0.25, 0.3) is 0 Å². The summed E-state index contributed by atoms with van der Waals surface area (Å²) < 4.78 is 7.33. The minimum atomic E-state index is 0.596. The smallest absolute Gasteiger partial charge is 0.237 e. The highest BCUT2D eigenvalue weighted by atomic mass is 32.2. The molecule has 7 heteroatoms. The largest absolute Gasteiger partial charge is 0.338 e. The number of hydrogen-bond acceptors (Lipinski definition) is 6. The van der Waals surface area contributed by atoms with Gasteiger partial charge in [-0.1, -0.05) is 47.6 Å². The molecular formula is C16H19N5OS. The molecule has 2 heterocycles. The van der Waals surface area contributed by atoms with Crippen molar-refractivity contribution in [3.05, 3.63) is 41.5 Å². The lowest BCUT2D eigenvalue weighted by Crippen LogP contribution is -2.00. The third-order valence-electron chi connectivity index (χ3n) is 3.46. The van der Waals surface area contributed by atoms with Crippen molar-refractivity contribution < 1.29 is 4.52 Å². The average Bonchev–Trinajstić information content (AvgIpc) is 3.19. The summed E-state index contributed by atoms with van der Waals surface area (Å²) in [4.78, 5) is 4.32. The fourth-order valence-electron chi connectivity index (χ4n) is 2.30. The molecule has 0 spiro atoms. The topological polar surface area (TPSA) is 69.6 Å². The first kappa shape index (κ1) is 15.7. The van der Waals surface area contributed by atoms with Crippen LogP contribution in [0, 0.1) is 6.92 Å². The molecule has 2 aromatic heterocycles. The lowest BCUT2D eigenvalue weighted by atomic mass is 10.1. The minimum Gasteiger partial charge on any atom is -0.338 e. The molecule has 1 aromatic carbocycles. The standard InChI is InChI=1S/C16H19N5OS/c1-4-13-17-14(22-20-13)10-23-16-19-18-15(21(16)5-2)12-8-6-7-11(3)9-12/h6-9H,4-5,10H2,1-3H3. The maximum atomic E-state index is 5.22. The zero-order chi connectivity index (χ0) is 16.2. The summed E-state index contributed by atoms with van der Waals surface area (Å²) in [5, 5.41) is 13.4. The lowest BCUT2D eigenvalue weighted by molar-refractivity contribution is 0.385. The Hall–Kier alpha value is -2.15. The monoisotopic (exact) mass is 329 g/mol. The van der Waals surface area contributed by atoms with E-state index in [0.717, 1.165) is 35.3 Å². The summed E-state index contributed by atoms with van der Waals surface area (Å²) in [7, 11) is 0. The van der Waals surface area contributed by atoms with E-state index in [1.165, 1.54) is 5.56 Å². The maximum absolute atomic E-state index is 5.22. The van der Waals surface area contributed by atoms with Gasteiger partial charge in [0, 0.05) is 18.5 Å². The molecule has 0 radical (unpaired) electrons. The van der Waals surface area contributed by atoms with Crippen molar-refractivity contribution in [2.75, 3.05) is 0 Å². The van der Waals surface area contributed by atoms with E-state index in [2.05, 4.69) is 57.0 Å². The van der Waals surface area contributed by atoms with E-state index in [-0.39, 0.29) is 0 Å². The van der Waals surface area contributed by atoms with E-state index in [1.54, 1.807) is 11.8 Å². The molecule has 0 unspecified atom stereocenters. The SMILES string of the molecule is CCc1noc(CSc2nnc(-c3cccc(C)c3)n2CC)n1. The average molecular weight is 329 g/mol. The summed E-state index contributed by atoms with van der Waals surface area (Å²) in [6.45, 7) is 6.98. The molecule has 3 aromatic rings. The molecule has 23 heavy (non-hydrogen) atoms. The normalized spacial score (nSPS) is 11.1. The number of aryl methyl sites for hydroxylation is 2. The number of benzene rings is 1. The summed E-state index contributed by atoms with van der Waals surface area (Å²) in [5.41, 5.74) is 2.29. The molecule has 0 aliphatic carbocycles. The number of thioether (sulfide) groups is 1. The predicted molar refractivity (Wildman–Crippen MR) is 89.1 cm³/mol. The van der Waals surface area contributed by atoms with E-state index in [0.29, 0.717) is 11.6 Å². The Morgan fingerprint density at radius 1 is 1.22 bits per heavy atom. The Kier molecular flexibility index (Phi) is 4.76. The van der Waals surface area contributed by atoms with Crippen LogP contribution in [0.3, 0.4) is 0 Å². The number of aromatic nitrogens is 5. The van der Waals surface area contributed by atoms with Crippen molar-refractivity contribution in [2.24, 2.45) is 0 Å². The molecule has 0 saturated carbocycles. The highest BCUT2D eigenvalue weighted by Gasteiger charge is 2.14. The number of nitrogens with zero attached hydrogens (tertiary/aromatic N) is 5. The van der Waals surface area contributed by atoms with E-state index in [4.69, 9.17) is 4.52 Å². The second-order valence-corrected chi connectivity index (χ2v) is 6.11. The summed E-state index contributed by atoms with van der Waals surface area (Å²) in [6.07, 6.45) is 0.775. The Labute approximate surface area is 139 Å². The van der Waals surface area contributed by atoms with Gasteiger partial charge in [0.15, 0.2) is 16.8 Å². The Morgan fingerprint density at radius 3 is 2.78 bits per heavy atom. The zero-order valence-electron chi connectivity index (χ0n) is 13.5. The summed E-state index contributed by atoms with van der Waals surface area (Å²) in [5.74, 6) is 2.84. The van der Waals surface area contributed by atoms with Gasteiger partial charge < -0.3 is 9.09 Å². The highest BCUT2D eigenvalue weighted by molar-refractivity contribution is 7.98. The quantitative estimate of drug-likeness (QED) is 0.645. The molecule has 0 aliphatic heterocycles. The summed E-state index contributed by atoms with van der Waals surface area (Å²) >= 11 is 1.56. The molecular weight excluding hydrogens is 310 g/mol. The molecule has 0 saturated heterocycles. The first-order valence-corrected chi connectivity index (χ1v) is 8.64. The van der Waals surface area contributed by atoms with Crippen LogP contribution in [0.1, 0.15) is 31.1 Å². The Balaban J connectivity index is 1.80. The van der Waals surface area contributed by atoms with E-state index >= 15 is 0 Å². The van der Waals surface area contributed by atoms with Crippen molar-refractivity contribution >= 4 is 11.8 Å². The van der Waals surface area contributed by atoms with Gasteiger partial charge >= 0.3 is 0 Å². The molecule has 0 N–H and O–H groups in total. The number of hydrogen-bond donors (Lipinski definition) is 0. The van der Waals surface area contributed by atoms with Crippen LogP contribution in [0.25, 0.3) is 11.4 Å². The minimum absolute atomic E-state index is 0.596. The van der Waals surface area contributed by atoms with Crippen LogP contribution in [-0.2, 0) is 18.7 Å². The fourth-order valence-corrected chi connectivity index (χ4v) is 3.14. The Bertz CT molecular complexity index is 795. The zero-order valence-corrected chi connectivity index (χ0v) is 14.3. The van der Waals surface area contributed by atoms with Crippen LogP contribution in [0.5, 0.6) is 0 Å². The van der Waals surface area contributed by atoms with Crippen molar-refractivity contribution in [1.29, 1.82) is 0 Å². The van der Waals surface area contributed by atoms with Crippen LogP contribution < -0.4 is 0 Å². The lowest BCUT2D eigenvalue weighted by Gasteiger charge is -2.07. The molecule has 0 bridgehead atoms. The molecule has 6 nitrogen and oxygen atoms in total. The van der Waals surface area contributed by atoms with Gasteiger partial charge in [0.1, 0.15) is 0 Å². The van der Waals surface area contributed by atoms with Crippen LogP contribution in [0.15, 0.2) is 33.9 Å². The predicted octanol–water partition coefficient (Wildman–Crippen LogP) is 3.51. The van der Waals surface area contributed by atoms with Gasteiger partial charge in [0.2, 0.25) is 5.89 Å². The Morgan fingerprint density at radius 2 is 2.09 bits per heavy atom. The molecule has 120 valence electrons. The van der Waals surface area contributed by atoms with Gasteiger partial charge in [-0.25, -0.2) is 0 Å². The van der Waals surface area contributed by atoms with Gasteiger partial charge in [-0.05, 0) is 19.9 Å². The second-order valence-electron chi connectivity index (χ2n) is 5.17. The third kappa shape index (κ3) is 3.44. The van der Waals surface area contributed by atoms with Crippen LogP contribution in [-0.4, -0.2) is 24.9 Å². The first-order chi connectivity index (χ1) is 11.2. The van der Waals surface area contributed by atoms with Gasteiger partial charge in [-0.3, -0.25) is 0 Å². The van der Waals surface area contributed by atoms with E-state index in [9.17, 15) is 0 Å². The van der Waals surface area contributed by atoms with Crippen molar-refractivity contribution in [3.8, 4) is 11.4 Å². The fraction of sp³-hybridized carbons (Fsp3) is 0.375. The van der Waals surface area contributed by atoms with E-state index in [1.807, 2.05) is 13.0 Å². The van der Waals surface area contributed by atoms with Gasteiger partial charge in [-0.2, -0.15) is 4.98 Å². The molecule has 3 rings (SSSR count). The van der Waals surface area contributed by atoms with Crippen LogP contribution in [0.4, 0.5) is 0 Å². The van der Waals surface area contributed by atoms with Crippen molar-refractivity contribution in [2.45, 2.75) is 44.6 Å². The third-order valence-corrected chi connectivity index (χ3v) is 4.41. The second kappa shape index (κ2) is 6.95. The van der Waals surface area contributed by atoms with Gasteiger partial charge in [0.05, 0.1) is 5.75 Å². The van der Waals surface area contributed by atoms with Crippen LogP contribution >= 0.6 is 11.8 Å². The maximum Gasteiger partial charge on any atom is 0.237 e. The molecule has 0 fully saturated rings. The summed E-state index contributed by atoms with van der Waals surface area (Å²) in [6, 6.07) is 8.29. The van der Waals surface area contributed by atoms with Gasteiger partial charge in [-0.15, -0.1) is 10.2 Å². The number of rotatable bonds is 6. The van der Waals surface area contributed by atoms with E-state index < -0.39 is 0 Å². The van der Waals surface area contributed by atoms with Crippen molar-refractivity contribution in [3.63, 3.8) is 0 Å². The van der Waals surface area contributed by atoms with Crippen molar-refractivity contribution in [1.82, 2.24) is 24.9 Å². The first-order valence-electron chi connectivity index (χ1n) is 7.65. The van der Waals surface area contributed by atoms with Crippen LogP contribution in [0.2, 0.25) is 0 Å².